The Bertz CT molecular complexity index is 108. The van der Waals surface area contributed by atoms with E-state index >= 15 is 0 Å². The number of nitrogens with two attached hydrogens (primary N) is 1. The molecule has 0 spiro atoms. The number of ether oxygens (including phenoxy) is 1. The zero-order valence-electron chi connectivity index (χ0n) is 6.71. The zero-order valence-corrected chi connectivity index (χ0v) is 6.71. The number of hydrogen-bond acceptors (Lipinski definition) is 3. The Balaban J connectivity index is 2.38. The van der Waals surface area contributed by atoms with E-state index in [9.17, 15) is 0 Å². The van der Waals surface area contributed by atoms with Gasteiger partial charge in [0, 0.05) is 19.7 Å². The number of likely N-dealkylation sites (tertiary alicyclic amines) is 1. The van der Waals surface area contributed by atoms with E-state index in [1.165, 1.54) is 0 Å². The molecule has 1 aliphatic heterocycles. The van der Waals surface area contributed by atoms with E-state index < -0.39 is 0 Å². The summed E-state index contributed by atoms with van der Waals surface area (Å²) in [5, 5.41) is 0. The summed E-state index contributed by atoms with van der Waals surface area (Å²) in [6.45, 7) is 2.07. The van der Waals surface area contributed by atoms with Crippen LogP contribution >= 0.6 is 0 Å². The Morgan fingerprint density at radius 1 is 1.60 bits per heavy atom. The lowest BCUT2D eigenvalue weighted by atomic mass is 10.0. The Labute approximate surface area is 62.1 Å². The van der Waals surface area contributed by atoms with Crippen LogP contribution in [0.5, 0.6) is 0 Å². The number of hydrogen-bond donors (Lipinski definition) is 1. The smallest absolute Gasteiger partial charge is 0.0849 e. The molecule has 0 bridgehead atoms. The summed E-state index contributed by atoms with van der Waals surface area (Å²) in [5.74, 6) is 0. The van der Waals surface area contributed by atoms with Crippen LogP contribution in [-0.2, 0) is 4.74 Å². The third kappa shape index (κ3) is 1.68. The Kier molecular flexibility index (Phi) is 2.65. The molecule has 1 saturated heterocycles. The lowest BCUT2D eigenvalue weighted by Crippen LogP contribution is -2.50. The highest BCUT2D eigenvalue weighted by atomic mass is 16.5. The van der Waals surface area contributed by atoms with Crippen molar-refractivity contribution in [2.45, 2.75) is 18.6 Å². The molecule has 0 amide bonds. The van der Waals surface area contributed by atoms with Gasteiger partial charge in [0.15, 0.2) is 0 Å². The standard InChI is InChI=1S/C7H16N2O/c1-9-4-3-6(8)7(5-9)10-2/h6-7H,3-5,8H2,1-2H3/t6-,7+/m0/s1. The highest BCUT2D eigenvalue weighted by Crippen LogP contribution is 2.09. The predicted octanol–water partition coefficient (Wildman–Crippen LogP) is -0.336. The van der Waals surface area contributed by atoms with Crippen LogP contribution in [0.2, 0.25) is 0 Å². The fourth-order valence-electron chi connectivity index (χ4n) is 1.34. The molecule has 0 aromatic carbocycles. The first-order valence-electron chi connectivity index (χ1n) is 3.71. The molecule has 0 unspecified atom stereocenters. The Hall–Kier alpha value is -0.120. The maximum absolute atomic E-state index is 5.80. The maximum atomic E-state index is 5.80. The molecule has 0 saturated carbocycles. The quantitative estimate of drug-likeness (QED) is 0.547. The number of rotatable bonds is 1. The normalized spacial score (nSPS) is 36.3. The van der Waals surface area contributed by atoms with Gasteiger partial charge in [-0.3, -0.25) is 0 Å². The molecule has 2 atom stereocenters. The highest BCUT2D eigenvalue weighted by molar-refractivity contribution is 4.81. The van der Waals surface area contributed by atoms with Crippen LogP contribution in [-0.4, -0.2) is 44.3 Å². The van der Waals surface area contributed by atoms with E-state index in [1.807, 2.05) is 0 Å². The third-order valence-electron chi connectivity index (χ3n) is 2.12. The van der Waals surface area contributed by atoms with Crippen molar-refractivity contribution >= 4 is 0 Å². The minimum absolute atomic E-state index is 0.235. The molecule has 60 valence electrons. The van der Waals surface area contributed by atoms with Crippen LogP contribution in [0.4, 0.5) is 0 Å². The van der Waals surface area contributed by atoms with Crippen LogP contribution in [0.15, 0.2) is 0 Å². The van der Waals surface area contributed by atoms with Gasteiger partial charge < -0.3 is 15.4 Å². The second-order valence-electron chi connectivity index (χ2n) is 2.99. The summed E-state index contributed by atoms with van der Waals surface area (Å²) >= 11 is 0. The summed E-state index contributed by atoms with van der Waals surface area (Å²) in [4.78, 5) is 2.25. The molecule has 0 aliphatic carbocycles. The number of nitrogens with zero attached hydrogens (tertiary/aromatic N) is 1. The minimum atomic E-state index is 0.235. The molecule has 0 aromatic rings. The molecule has 1 aliphatic rings. The van der Waals surface area contributed by atoms with E-state index in [2.05, 4.69) is 11.9 Å². The molecule has 0 aromatic heterocycles. The van der Waals surface area contributed by atoms with Crippen molar-refractivity contribution in [1.82, 2.24) is 4.90 Å². The summed E-state index contributed by atoms with van der Waals surface area (Å²) in [7, 11) is 3.82. The van der Waals surface area contributed by atoms with Crippen LogP contribution in [0.3, 0.4) is 0 Å². The van der Waals surface area contributed by atoms with Gasteiger partial charge in [-0.15, -0.1) is 0 Å². The Morgan fingerprint density at radius 3 is 2.80 bits per heavy atom. The zero-order chi connectivity index (χ0) is 7.56. The number of piperidine rings is 1. The van der Waals surface area contributed by atoms with Gasteiger partial charge in [0.1, 0.15) is 0 Å². The van der Waals surface area contributed by atoms with Crippen LogP contribution in [0, 0.1) is 0 Å². The SMILES string of the molecule is CO[C@@H]1CN(C)CC[C@@H]1N. The van der Waals surface area contributed by atoms with Gasteiger partial charge in [-0.2, -0.15) is 0 Å². The second kappa shape index (κ2) is 3.32. The molecule has 2 N–H and O–H groups in total. The average Bonchev–Trinajstić information content (AvgIpc) is 1.94. The fourth-order valence-corrected chi connectivity index (χ4v) is 1.34. The van der Waals surface area contributed by atoms with Crippen LogP contribution in [0.25, 0.3) is 0 Å². The van der Waals surface area contributed by atoms with Gasteiger partial charge in [0.05, 0.1) is 6.10 Å². The number of likely N-dealkylation sites (N-methyl/N-ethyl adjacent to an activating group) is 1. The lowest BCUT2D eigenvalue weighted by molar-refractivity contribution is 0.0256. The average molecular weight is 144 g/mol. The van der Waals surface area contributed by atoms with Crippen molar-refractivity contribution in [2.75, 3.05) is 27.2 Å². The lowest BCUT2D eigenvalue weighted by Gasteiger charge is -2.33. The summed E-state index contributed by atoms with van der Waals surface area (Å²) in [5.41, 5.74) is 5.80. The van der Waals surface area contributed by atoms with E-state index in [4.69, 9.17) is 10.5 Å². The molecule has 10 heavy (non-hydrogen) atoms. The van der Waals surface area contributed by atoms with E-state index in [0.29, 0.717) is 0 Å². The first kappa shape index (κ1) is 7.98. The van der Waals surface area contributed by atoms with Gasteiger partial charge in [-0.1, -0.05) is 0 Å². The monoisotopic (exact) mass is 144 g/mol. The first-order valence-corrected chi connectivity index (χ1v) is 3.71. The van der Waals surface area contributed by atoms with Gasteiger partial charge in [0.2, 0.25) is 0 Å². The maximum Gasteiger partial charge on any atom is 0.0849 e. The van der Waals surface area contributed by atoms with Crippen molar-refractivity contribution in [3.8, 4) is 0 Å². The minimum Gasteiger partial charge on any atom is -0.379 e. The molecule has 3 heteroatoms. The molecule has 0 radical (unpaired) electrons. The van der Waals surface area contributed by atoms with Gasteiger partial charge in [0.25, 0.3) is 0 Å². The van der Waals surface area contributed by atoms with Crippen molar-refractivity contribution in [2.24, 2.45) is 5.73 Å². The van der Waals surface area contributed by atoms with Crippen molar-refractivity contribution in [3.05, 3.63) is 0 Å². The molecule has 1 fully saturated rings. The molecule has 1 heterocycles. The van der Waals surface area contributed by atoms with E-state index in [0.717, 1.165) is 19.5 Å². The summed E-state index contributed by atoms with van der Waals surface area (Å²) < 4.78 is 5.21. The van der Waals surface area contributed by atoms with Gasteiger partial charge in [-0.25, -0.2) is 0 Å². The topological polar surface area (TPSA) is 38.5 Å². The molecule has 1 rings (SSSR count). The largest absolute Gasteiger partial charge is 0.379 e. The van der Waals surface area contributed by atoms with Gasteiger partial charge >= 0.3 is 0 Å². The summed E-state index contributed by atoms with van der Waals surface area (Å²) in [6.07, 6.45) is 1.29. The molecular formula is C7H16N2O. The highest BCUT2D eigenvalue weighted by Gasteiger charge is 2.23. The summed E-state index contributed by atoms with van der Waals surface area (Å²) in [6, 6.07) is 0.237. The van der Waals surface area contributed by atoms with E-state index in [1.54, 1.807) is 7.11 Å². The predicted molar refractivity (Wildman–Crippen MR) is 40.9 cm³/mol. The van der Waals surface area contributed by atoms with Gasteiger partial charge in [-0.05, 0) is 20.0 Å². The van der Waals surface area contributed by atoms with E-state index in [-0.39, 0.29) is 12.1 Å². The molecular weight excluding hydrogens is 128 g/mol. The van der Waals surface area contributed by atoms with Crippen LogP contribution < -0.4 is 5.73 Å². The van der Waals surface area contributed by atoms with Crippen molar-refractivity contribution < 1.29 is 4.74 Å². The van der Waals surface area contributed by atoms with Crippen LogP contribution in [0.1, 0.15) is 6.42 Å². The second-order valence-corrected chi connectivity index (χ2v) is 2.99. The first-order chi connectivity index (χ1) is 4.74. The Morgan fingerprint density at radius 2 is 2.30 bits per heavy atom. The number of methoxy groups -OCH3 is 1. The molecule has 3 nitrogen and oxygen atoms in total. The van der Waals surface area contributed by atoms with Crippen molar-refractivity contribution in [3.63, 3.8) is 0 Å². The van der Waals surface area contributed by atoms with Crippen molar-refractivity contribution in [1.29, 1.82) is 0 Å². The third-order valence-corrected chi connectivity index (χ3v) is 2.12. The fraction of sp³-hybridized carbons (Fsp3) is 1.00.